The maximum Gasteiger partial charge on any atom is 0.360 e. The molecule has 3 N–H and O–H groups in total. The highest BCUT2D eigenvalue weighted by atomic mass is 16.5. The van der Waals surface area contributed by atoms with Gasteiger partial charge in [-0.3, -0.25) is 4.79 Å². The number of anilines is 1. The Hall–Kier alpha value is -2.05. The lowest BCUT2D eigenvalue weighted by molar-refractivity contribution is -0.121. The normalized spacial score (nSPS) is 10.2. The van der Waals surface area contributed by atoms with Gasteiger partial charge in [-0.25, -0.2) is 9.78 Å². The molecule has 0 bridgehead atoms. The summed E-state index contributed by atoms with van der Waals surface area (Å²) in [6.07, 6.45) is 2.63. The molecular formula is C12H20N4O3. The number of imidazole rings is 1. The van der Waals surface area contributed by atoms with Crippen LogP contribution in [-0.2, 0) is 16.1 Å². The highest BCUT2D eigenvalue weighted by Gasteiger charge is 2.16. The highest BCUT2D eigenvalue weighted by Crippen LogP contribution is 2.11. The third kappa shape index (κ3) is 4.27. The minimum atomic E-state index is -0.547. The first kappa shape index (κ1) is 15.0. The van der Waals surface area contributed by atoms with Gasteiger partial charge in [-0.05, 0) is 13.3 Å². The molecule has 0 aromatic carbocycles. The molecule has 0 radical (unpaired) electrons. The van der Waals surface area contributed by atoms with Gasteiger partial charge in [0, 0.05) is 19.5 Å². The molecule has 7 nitrogen and oxygen atoms in total. The molecule has 0 saturated carbocycles. The maximum absolute atomic E-state index is 11.5. The number of carbonyl (C=O) groups excluding carboxylic acids is 2. The van der Waals surface area contributed by atoms with Gasteiger partial charge in [0.15, 0.2) is 5.69 Å². The summed E-state index contributed by atoms with van der Waals surface area (Å²) in [7, 11) is 0. The number of nitrogens with one attached hydrogen (secondary N) is 1. The van der Waals surface area contributed by atoms with Crippen LogP contribution in [0.3, 0.4) is 0 Å². The number of nitrogen functional groups attached to an aromatic ring is 1. The van der Waals surface area contributed by atoms with E-state index in [4.69, 9.17) is 10.5 Å². The molecule has 1 aromatic heterocycles. The molecule has 0 spiro atoms. The lowest BCUT2D eigenvalue weighted by atomic mass is 10.3. The van der Waals surface area contributed by atoms with Gasteiger partial charge in [0.05, 0.1) is 12.9 Å². The van der Waals surface area contributed by atoms with Crippen LogP contribution in [0.4, 0.5) is 5.82 Å². The van der Waals surface area contributed by atoms with Crippen molar-refractivity contribution in [1.29, 1.82) is 0 Å². The third-order valence-electron chi connectivity index (χ3n) is 2.50. The van der Waals surface area contributed by atoms with Crippen LogP contribution in [-0.4, -0.2) is 34.6 Å². The Labute approximate surface area is 112 Å². The first-order valence-corrected chi connectivity index (χ1v) is 6.34. The van der Waals surface area contributed by atoms with Gasteiger partial charge in [-0.2, -0.15) is 0 Å². The zero-order valence-corrected chi connectivity index (χ0v) is 11.3. The van der Waals surface area contributed by atoms with Crippen LogP contribution < -0.4 is 11.1 Å². The molecule has 1 amide bonds. The average molecular weight is 268 g/mol. The number of nitrogens with zero attached hydrogens (tertiary/aromatic N) is 2. The van der Waals surface area contributed by atoms with Crippen molar-refractivity contribution in [2.75, 3.05) is 18.9 Å². The molecule has 1 aromatic rings. The fourth-order valence-electron chi connectivity index (χ4n) is 1.50. The molecule has 0 fully saturated rings. The van der Waals surface area contributed by atoms with Crippen LogP contribution in [0.2, 0.25) is 0 Å². The number of carbonyl (C=O) groups is 2. The van der Waals surface area contributed by atoms with Crippen molar-refractivity contribution in [3.05, 3.63) is 12.0 Å². The molecule has 1 heterocycles. The van der Waals surface area contributed by atoms with E-state index in [1.165, 1.54) is 6.33 Å². The van der Waals surface area contributed by atoms with E-state index in [2.05, 4.69) is 10.3 Å². The summed E-state index contributed by atoms with van der Waals surface area (Å²) in [6.45, 7) is 5.01. The van der Waals surface area contributed by atoms with Crippen molar-refractivity contribution >= 4 is 17.7 Å². The van der Waals surface area contributed by atoms with Crippen molar-refractivity contribution in [3.8, 4) is 0 Å². The number of aryl methyl sites for hydroxylation is 1. The van der Waals surface area contributed by atoms with Gasteiger partial charge in [-0.15, -0.1) is 0 Å². The molecule has 106 valence electrons. The number of nitrogens with two attached hydrogens (primary N) is 1. The average Bonchev–Trinajstić information content (AvgIpc) is 2.75. The summed E-state index contributed by atoms with van der Waals surface area (Å²) in [4.78, 5) is 26.9. The van der Waals surface area contributed by atoms with Gasteiger partial charge >= 0.3 is 5.97 Å². The molecule has 1 rings (SSSR count). The van der Waals surface area contributed by atoms with Crippen molar-refractivity contribution in [2.24, 2.45) is 0 Å². The summed E-state index contributed by atoms with van der Waals surface area (Å²) in [6, 6.07) is 0. The van der Waals surface area contributed by atoms with Gasteiger partial charge in [0.1, 0.15) is 5.82 Å². The van der Waals surface area contributed by atoms with Crippen molar-refractivity contribution in [3.63, 3.8) is 0 Å². The van der Waals surface area contributed by atoms with E-state index in [1.807, 2.05) is 6.92 Å². The Balaban J connectivity index is 2.56. The lowest BCUT2D eigenvalue weighted by Crippen LogP contribution is -2.25. The molecule has 0 aliphatic heterocycles. The number of aromatic nitrogens is 2. The first-order valence-electron chi connectivity index (χ1n) is 6.34. The van der Waals surface area contributed by atoms with Crippen molar-refractivity contribution < 1.29 is 14.3 Å². The van der Waals surface area contributed by atoms with E-state index >= 15 is 0 Å². The Kier molecular flexibility index (Phi) is 5.84. The molecule has 0 aliphatic rings. The summed E-state index contributed by atoms with van der Waals surface area (Å²) in [5.41, 5.74) is 5.88. The molecule has 0 aliphatic carbocycles. The Morgan fingerprint density at radius 2 is 2.21 bits per heavy atom. The molecule has 7 heteroatoms. The third-order valence-corrected chi connectivity index (χ3v) is 2.50. The SMILES string of the molecule is CCCNC(=O)CCn1cnc(C(=O)OCC)c1N. The molecule has 0 saturated heterocycles. The van der Waals surface area contributed by atoms with Gasteiger partial charge in [-0.1, -0.05) is 6.92 Å². The number of hydrogen-bond donors (Lipinski definition) is 2. The maximum atomic E-state index is 11.5. The number of rotatable bonds is 7. The monoisotopic (exact) mass is 268 g/mol. The zero-order valence-electron chi connectivity index (χ0n) is 11.3. The number of hydrogen-bond acceptors (Lipinski definition) is 5. The quantitative estimate of drug-likeness (QED) is 0.704. The van der Waals surface area contributed by atoms with E-state index in [1.54, 1.807) is 11.5 Å². The topological polar surface area (TPSA) is 99.2 Å². The molecule has 19 heavy (non-hydrogen) atoms. The first-order chi connectivity index (χ1) is 9.10. The molecule has 0 atom stereocenters. The van der Waals surface area contributed by atoms with Crippen LogP contribution in [0.15, 0.2) is 6.33 Å². The fraction of sp³-hybridized carbons (Fsp3) is 0.583. The molecule has 0 unspecified atom stereocenters. The lowest BCUT2D eigenvalue weighted by Gasteiger charge is -2.06. The van der Waals surface area contributed by atoms with E-state index in [9.17, 15) is 9.59 Å². The van der Waals surface area contributed by atoms with Gasteiger partial charge < -0.3 is 20.4 Å². The van der Waals surface area contributed by atoms with Crippen molar-refractivity contribution in [2.45, 2.75) is 33.2 Å². The number of amides is 1. The van der Waals surface area contributed by atoms with E-state index < -0.39 is 5.97 Å². The Morgan fingerprint density at radius 1 is 1.47 bits per heavy atom. The summed E-state index contributed by atoms with van der Waals surface area (Å²) in [5, 5.41) is 2.77. The van der Waals surface area contributed by atoms with E-state index in [-0.39, 0.29) is 24.0 Å². The summed E-state index contributed by atoms with van der Waals surface area (Å²) >= 11 is 0. The smallest absolute Gasteiger partial charge is 0.360 e. The Morgan fingerprint density at radius 3 is 2.84 bits per heavy atom. The second-order valence-corrected chi connectivity index (χ2v) is 3.99. The van der Waals surface area contributed by atoms with Crippen LogP contribution >= 0.6 is 0 Å². The predicted molar refractivity (Wildman–Crippen MR) is 70.5 cm³/mol. The van der Waals surface area contributed by atoms with Crippen LogP contribution in [0, 0.1) is 0 Å². The standard InChI is InChI=1S/C12H20N4O3/c1-3-6-14-9(17)5-7-16-8-15-10(11(16)13)12(18)19-4-2/h8H,3-7,13H2,1-2H3,(H,14,17). The van der Waals surface area contributed by atoms with E-state index in [0.717, 1.165) is 6.42 Å². The zero-order chi connectivity index (χ0) is 14.3. The fourth-order valence-corrected chi connectivity index (χ4v) is 1.50. The second-order valence-electron chi connectivity index (χ2n) is 3.99. The summed E-state index contributed by atoms with van der Waals surface area (Å²) in [5.74, 6) is -0.372. The largest absolute Gasteiger partial charge is 0.461 e. The van der Waals surface area contributed by atoms with E-state index in [0.29, 0.717) is 19.5 Å². The minimum absolute atomic E-state index is 0.0485. The van der Waals surface area contributed by atoms with Crippen LogP contribution in [0.1, 0.15) is 37.2 Å². The number of ether oxygens (including phenoxy) is 1. The Bertz CT molecular complexity index is 442. The summed E-state index contributed by atoms with van der Waals surface area (Å²) < 4.78 is 6.39. The van der Waals surface area contributed by atoms with Crippen molar-refractivity contribution in [1.82, 2.24) is 14.9 Å². The van der Waals surface area contributed by atoms with Gasteiger partial charge in [0.25, 0.3) is 0 Å². The van der Waals surface area contributed by atoms with Crippen LogP contribution in [0.5, 0.6) is 0 Å². The number of esters is 1. The highest BCUT2D eigenvalue weighted by molar-refractivity contribution is 5.92. The second kappa shape index (κ2) is 7.40. The minimum Gasteiger partial charge on any atom is -0.461 e. The van der Waals surface area contributed by atoms with Gasteiger partial charge in [0.2, 0.25) is 5.91 Å². The molecular weight excluding hydrogens is 248 g/mol. The van der Waals surface area contributed by atoms with Crippen LogP contribution in [0.25, 0.3) is 0 Å². The predicted octanol–water partition coefficient (Wildman–Crippen LogP) is 0.558.